The summed E-state index contributed by atoms with van der Waals surface area (Å²) in [5, 5.41) is 23.8. The van der Waals surface area contributed by atoms with Gasteiger partial charge in [0, 0.05) is 12.8 Å². The number of aromatic amines is 2. The zero-order valence-electron chi connectivity index (χ0n) is 38.7. The maximum Gasteiger partial charge on any atom is 0.303 e. The number of carbonyl (C=O) groups is 2. The molecule has 0 fully saturated rings. The molecule has 0 saturated heterocycles. The zero-order valence-corrected chi connectivity index (χ0v) is 38.7. The van der Waals surface area contributed by atoms with Crippen molar-refractivity contribution < 1.29 is 37.4 Å². The Labute approximate surface area is 407 Å². The van der Waals surface area contributed by atoms with Crippen LogP contribution in [0.15, 0.2) is 141 Å². The number of aliphatic carboxylic acids is 2. The van der Waals surface area contributed by atoms with E-state index in [9.17, 15) is 28.0 Å². The first-order valence-electron chi connectivity index (χ1n) is 22.8. The number of carboxylic acid groups (broad SMARTS) is 2. The molecule has 2 atom stereocenters. The fraction of sp³-hybridized carbons (Fsp3) is 0.192. The topological polar surface area (TPSA) is 268 Å². The number of unbranched alkanes of at least 4 members (excludes halogenated alkanes) is 1. The number of carboxylic acids is 2. The molecule has 0 saturated carbocycles. The van der Waals surface area contributed by atoms with Gasteiger partial charge in [-0.1, -0.05) is 62.4 Å². The summed E-state index contributed by atoms with van der Waals surface area (Å²) in [4.78, 5) is 78.0. The van der Waals surface area contributed by atoms with E-state index in [0.717, 1.165) is 0 Å². The van der Waals surface area contributed by atoms with Crippen LogP contribution in [0.1, 0.15) is 76.0 Å². The Hall–Kier alpha value is -9.20. The van der Waals surface area contributed by atoms with Gasteiger partial charge in [-0.3, -0.25) is 19.2 Å². The maximum atomic E-state index is 14.0. The summed E-state index contributed by atoms with van der Waals surface area (Å²) in [6.45, 7) is 3.93. The number of anilines is 2. The minimum atomic E-state index is -0.870. The normalized spacial score (nSPS) is 11.9. The number of benzene rings is 4. The molecular formula is C52H46F2N10O8. The summed E-state index contributed by atoms with van der Waals surface area (Å²) in [6.07, 6.45) is 8.11. The van der Waals surface area contributed by atoms with Crippen LogP contribution in [-0.2, 0) is 9.59 Å². The number of H-pyrrole nitrogens is 2. The molecule has 18 nitrogen and oxygen atoms in total. The van der Waals surface area contributed by atoms with E-state index in [1.807, 2.05) is 26.0 Å². The van der Waals surface area contributed by atoms with Crippen LogP contribution in [0.25, 0.3) is 66.5 Å². The zero-order chi connectivity index (χ0) is 50.7. The van der Waals surface area contributed by atoms with Crippen molar-refractivity contribution in [2.75, 3.05) is 10.6 Å². The number of nitrogens with one attached hydrogen (secondary N) is 4. The minimum Gasteiger partial charge on any atom is -0.481 e. The van der Waals surface area contributed by atoms with Gasteiger partial charge in [0.05, 0.1) is 46.6 Å². The van der Waals surface area contributed by atoms with Gasteiger partial charge >= 0.3 is 11.9 Å². The number of halogens is 2. The first-order valence-corrected chi connectivity index (χ1v) is 22.8. The third-order valence-electron chi connectivity index (χ3n) is 11.4. The number of nitrogens with zero attached hydrogens (tertiary/aromatic N) is 6. The molecular weight excluding hydrogens is 931 g/mol. The standard InChI is InChI=1S/2C23H18FN5O2.C6H10O4/c2*1-2-16(29-23-19-22(26-11-25-19)27-12-28-23)21-18(13-6-5-7-14(24)10-13)20(30)15-8-3-4-9-17(15)31-21;7-5(8)3-1-2-4-6(9)10/h2*3-12,16H,2H2,1H3,(H2,25,26,27,28,29);1-4H2,(H,7,8)(H,9,10)/t2*16-;/m00./s1. The summed E-state index contributed by atoms with van der Waals surface area (Å²) in [7, 11) is 0. The monoisotopic (exact) mass is 976 g/mol. The molecule has 4 aromatic carbocycles. The molecule has 0 aliphatic rings. The van der Waals surface area contributed by atoms with Crippen molar-refractivity contribution in [3.8, 4) is 22.3 Å². The minimum absolute atomic E-state index is 0.0628. The summed E-state index contributed by atoms with van der Waals surface area (Å²) in [5.74, 6) is -0.674. The van der Waals surface area contributed by atoms with Crippen LogP contribution in [0.2, 0.25) is 0 Å². The van der Waals surface area contributed by atoms with Crippen LogP contribution < -0.4 is 21.5 Å². The van der Waals surface area contributed by atoms with Crippen LogP contribution in [-0.4, -0.2) is 62.0 Å². The summed E-state index contributed by atoms with van der Waals surface area (Å²) in [5.41, 5.74) is 4.44. The van der Waals surface area contributed by atoms with E-state index in [4.69, 9.17) is 19.0 Å². The van der Waals surface area contributed by atoms with Gasteiger partial charge in [0.1, 0.15) is 58.0 Å². The molecule has 0 bridgehead atoms. The number of hydrogen-bond acceptors (Lipinski definition) is 14. The molecule has 10 aromatic rings. The average molecular weight is 977 g/mol. The first-order chi connectivity index (χ1) is 34.9. The van der Waals surface area contributed by atoms with E-state index in [-0.39, 0.29) is 23.7 Å². The summed E-state index contributed by atoms with van der Waals surface area (Å²) in [6, 6.07) is 25.2. The van der Waals surface area contributed by atoms with Gasteiger partial charge < -0.3 is 39.6 Å². The Morgan fingerprint density at radius 3 is 1.39 bits per heavy atom. The van der Waals surface area contributed by atoms with Crippen molar-refractivity contribution in [2.24, 2.45) is 0 Å². The fourth-order valence-electron chi connectivity index (χ4n) is 7.98. The molecule has 20 heteroatoms. The largest absolute Gasteiger partial charge is 0.481 e. The third kappa shape index (κ3) is 11.1. The number of fused-ring (bicyclic) bond motifs is 4. The third-order valence-corrected chi connectivity index (χ3v) is 11.4. The van der Waals surface area contributed by atoms with Gasteiger partial charge in [0.2, 0.25) is 10.9 Å². The Balaban J connectivity index is 0.000000163. The van der Waals surface area contributed by atoms with Crippen molar-refractivity contribution in [1.29, 1.82) is 0 Å². The number of rotatable bonds is 15. The lowest BCUT2D eigenvalue weighted by molar-refractivity contribution is -0.139. The second kappa shape index (κ2) is 22.5. The predicted octanol–water partition coefficient (Wildman–Crippen LogP) is 10.4. The van der Waals surface area contributed by atoms with Gasteiger partial charge in [0.15, 0.2) is 22.9 Å². The van der Waals surface area contributed by atoms with Crippen molar-refractivity contribution in [3.63, 3.8) is 0 Å². The first kappa shape index (κ1) is 49.2. The Morgan fingerprint density at radius 2 is 1.00 bits per heavy atom. The molecule has 0 unspecified atom stereocenters. The van der Waals surface area contributed by atoms with Crippen LogP contribution >= 0.6 is 0 Å². The van der Waals surface area contributed by atoms with Crippen LogP contribution in [0.3, 0.4) is 0 Å². The Bertz CT molecular complexity index is 3430. The Kier molecular flexibility index (Phi) is 15.4. The van der Waals surface area contributed by atoms with Gasteiger partial charge in [-0.2, -0.15) is 0 Å². The molecule has 6 N–H and O–H groups in total. The maximum absolute atomic E-state index is 14.0. The molecule has 0 spiro atoms. The van der Waals surface area contributed by atoms with E-state index in [1.54, 1.807) is 73.3 Å². The number of para-hydroxylation sites is 2. The highest BCUT2D eigenvalue weighted by Crippen LogP contribution is 2.35. The molecule has 10 rings (SSSR count). The lowest BCUT2D eigenvalue weighted by atomic mass is 9.97. The summed E-state index contributed by atoms with van der Waals surface area (Å²) < 4.78 is 40.5. The van der Waals surface area contributed by atoms with Crippen LogP contribution in [0.5, 0.6) is 0 Å². The quantitative estimate of drug-likeness (QED) is 0.0521. The molecule has 366 valence electrons. The van der Waals surface area contributed by atoms with Gasteiger partial charge in [-0.05, 0) is 85.3 Å². The number of imidazole rings is 2. The highest BCUT2D eigenvalue weighted by Gasteiger charge is 2.26. The molecule has 0 aliphatic heterocycles. The molecule has 6 aromatic heterocycles. The van der Waals surface area contributed by atoms with Crippen molar-refractivity contribution in [3.05, 3.63) is 166 Å². The van der Waals surface area contributed by atoms with Crippen LogP contribution in [0.4, 0.5) is 20.4 Å². The second-order valence-corrected chi connectivity index (χ2v) is 16.2. The van der Waals surface area contributed by atoms with E-state index in [0.29, 0.717) is 115 Å². The lowest BCUT2D eigenvalue weighted by Crippen LogP contribution is -2.17. The number of aromatic nitrogens is 8. The van der Waals surface area contributed by atoms with Crippen molar-refractivity contribution >= 4 is 67.8 Å². The molecule has 6 heterocycles. The average Bonchev–Trinajstić information content (AvgIpc) is 4.08. The number of hydrogen-bond donors (Lipinski definition) is 6. The highest BCUT2D eigenvalue weighted by molar-refractivity contribution is 5.86. The van der Waals surface area contributed by atoms with E-state index in [1.165, 1.54) is 36.9 Å². The van der Waals surface area contributed by atoms with E-state index in [2.05, 4.69) is 50.5 Å². The molecule has 0 radical (unpaired) electrons. The van der Waals surface area contributed by atoms with Crippen molar-refractivity contribution in [2.45, 2.75) is 64.5 Å². The summed E-state index contributed by atoms with van der Waals surface area (Å²) >= 11 is 0. The van der Waals surface area contributed by atoms with Gasteiger partial charge in [0.25, 0.3) is 0 Å². The van der Waals surface area contributed by atoms with E-state index >= 15 is 0 Å². The molecule has 72 heavy (non-hydrogen) atoms. The molecule has 0 aliphatic carbocycles. The smallest absolute Gasteiger partial charge is 0.303 e. The molecule has 0 amide bonds. The lowest BCUT2D eigenvalue weighted by Gasteiger charge is -2.20. The van der Waals surface area contributed by atoms with E-state index < -0.39 is 35.7 Å². The predicted molar refractivity (Wildman–Crippen MR) is 266 cm³/mol. The van der Waals surface area contributed by atoms with Gasteiger partial charge in [-0.15, -0.1) is 0 Å². The van der Waals surface area contributed by atoms with Gasteiger partial charge in [-0.25, -0.2) is 38.7 Å². The Morgan fingerprint density at radius 1 is 0.583 bits per heavy atom. The highest BCUT2D eigenvalue weighted by atomic mass is 19.1. The SMILES string of the molecule is CC[C@H](Nc1ncnc2nc[nH]c12)c1oc2ccccc2c(=O)c1-c1cccc(F)c1.CC[C@H](Nc1ncnc2nc[nH]c12)c1oc2ccccc2c(=O)c1-c1cccc(F)c1.O=C(O)CCCCC(=O)O. The fourth-order valence-corrected chi connectivity index (χ4v) is 7.98. The van der Waals surface area contributed by atoms with Crippen LogP contribution in [0, 0.1) is 11.6 Å². The van der Waals surface area contributed by atoms with Crippen molar-refractivity contribution in [1.82, 2.24) is 39.9 Å². The second-order valence-electron chi connectivity index (χ2n) is 16.2.